The summed E-state index contributed by atoms with van der Waals surface area (Å²) in [6.45, 7) is 7.15. The molecule has 5 N–H and O–H groups in total. The van der Waals surface area contributed by atoms with Gasteiger partial charge in [0.05, 0.1) is 20.3 Å². The highest BCUT2D eigenvalue weighted by Gasteiger charge is 2.25. The number of sulfone groups is 1. The van der Waals surface area contributed by atoms with Crippen LogP contribution in [0.1, 0.15) is 26.3 Å². The molecule has 2 aromatic carbocycles. The molecular formula is C24H28N4O4S3. The molecule has 0 aliphatic carbocycles. The third-order valence-electron chi connectivity index (χ3n) is 4.79. The van der Waals surface area contributed by atoms with E-state index in [1.54, 1.807) is 63.4 Å². The van der Waals surface area contributed by atoms with E-state index in [9.17, 15) is 13.2 Å². The van der Waals surface area contributed by atoms with E-state index in [-0.39, 0.29) is 9.79 Å². The Labute approximate surface area is 213 Å². The molecular weight excluding hydrogens is 504 g/mol. The molecule has 8 nitrogen and oxygen atoms in total. The van der Waals surface area contributed by atoms with Gasteiger partial charge in [-0.2, -0.15) is 0 Å². The van der Waals surface area contributed by atoms with Gasteiger partial charge in [-0.1, -0.05) is 12.1 Å². The van der Waals surface area contributed by atoms with Crippen molar-refractivity contribution in [3.63, 3.8) is 0 Å². The van der Waals surface area contributed by atoms with E-state index in [1.165, 1.54) is 35.5 Å². The van der Waals surface area contributed by atoms with E-state index in [0.717, 1.165) is 5.56 Å². The Hall–Kier alpha value is -3.02. The molecule has 1 amide bonds. The maximum Gasteiger partial charge on any atom is 0.412 e. The molecule has 0 aliphatic rings. The van der Waals surface area contributed by atoms with Crippen molar-refractivity contribution >= 4 is 61.7 Å². The van der Waals surface area contributed by atoms with Gasteiger partial charge in [-0.05, 0) is 75.4 Å². The highest BCUT2D eigenvalue weighted by molar-refractivity contribution is 8.01. The minimum absolute atomic E-state index is 0.143. The molecule has 0 aliphatic heterocycles. The average molecular weight is 533 g/mol. The van der Waals surface area contributed by atoms with Crippen molar-refractivity contribution in [2.45, 2.75) is 47.3 Å². The number of benzene rings is 2. The number of nitrogen functional groups attached to an aromatic ring is 2. The van der Waals surface area contributed by atoms with E-state index in [1.807, 2.05) is 6.92 Å². The van der Waals surface area contributed by atoms with Crippen molar-refractivity contribution in [1.82, 2.24) is 5.32 Å². The number of ether oxygens (including phenoxy) is 1. The zero-order valence-electron chi connectivity index (χ0n) is 20.1. The Morgan fingerprint density at radius 1 is 1.11 bits per heavy atom. The Bertz CT molecular complexity index is 1390. The average Bonchev–Trinajstić information content (AvgIpc) is 3.17. The van der Waals surface area contributed by atoms with Crippen LogP contribution in [0.4, 0.5) is 21.2 Å². The molecule has 0 atom stereocenters. The molecule has 0 saturated heterocycles. The quantitative estimate of drug-likeness (QED) is 0.162. The van der Waals surface area contributed by atoms with Crippen molar-refractivity contribution in [3.8, 4) is 11.1 Å². The molecule has 3 rings (SSSR count). The molecule has 1 aromatic heterocycles. The van der Waals surface area contributed by atoms with Gasteiger partial charge in [0, 0.05) is 16.9 Å². The van der Waals surface area contributed by atoms with E-state index in [4.69, 9.17) is 16.2 Å². The van der Waals surface area contributed by atoms with Crippen LogP contribution >= 0.6 is 23.1 Å². The van der Waals surface area contributed by atoms with Crippen LogP contribution in [0.15, 0.2) is 61.5 Å². The van der Waals surface area contributed by atoms with Gasteiger partial charge in [0.2, 0.25) is 9.84 Å². The standard InChI is InChI=1S/C24H28N4O4S3/c1-14-6-8-16(11-18(14)17-9-7-15(25)10-19(17)26)35(30,31)20-12-21(34-22(20)33-5)27-13-28-23(29)32-24(2,3)4/h6-13H,25-26H2,1-5H3,(H,27,28,29). The maximum atomic E-state index is 13.6. The van der Waals surface area contributed by atoms with E-state index < -0.39 is 21.5 Å². The lowest BCUT2D eigenvalue weighted by atomic mass is 9.99. The van der Waals surface area contributed by atoms with Gasteiger partial charge in [0.15, 0.2) is 0 Å². The second-order valence-corrected chi connectivity index (χ2v) is 12.7. The molecule has 11 heteroatoms. The summed E-state index contributed by atoms with van der Waals surface area (Å²) in [6, 6.07) is 11.6. The van der Waals surface area contributed by atoms with Gasteiger partial charge in [0.25, 0.3) is 0 Å². The van der Waals surface area contributed by atoms with Crippen molar-refractivity contribution in [2.75, 3.05) is 17.7 Å². The van der Waals surface area contributed by atoms with Gasteiger partial charge in [-0.3, -0.25) is 5.32 Å². The number of amides is 1. The van der Waals surface area contributed by atoms with Crippen LogP contribution in [-0.2, 0) is 14.6 Å². The first-order chi connectivity index (χ1) is 16.3. The molecule has 0 unspecified atom stereocenters. The van der Waals surface area contributed by atoms with Crippen LogP contribution in [0.2, 0.25) is 0 Å². The summed E-state index contributed by atoms with van der Waals surface area (Å²) < 4.78 is 32.9. The Kier molecular flexibility index (Phi) is 7.83. The first-order valence-electron chi connectivity index (χ1n) is 10.5. The normalized spacial score (nSPS) is 12.1. The molecule has 3 aromatic rings. The lowest BCUT2D eigenvalue weighted by Gasteiger charge is -2.18. The van der Waals surface area contributed by atoms with Crippen LogP contribution in [-0.4, -0.2) is 32.7 Å². The topological polar surface area (TPSA) is 137 Å². The van der Waals surface area contributed by atoms with Gasteiger partial charge in [-0.15, -0.1) is 23.1 Å². The number of aryl methyl sites for hydroxylation is 1. The predicted molar refractivity (Wildman–Crippen MR) is 145 cm³/mol. The van der Waals surface area contributed by atoms with Crippen molar-refractivity contribution in [3.05, 3.63) is 48.0 Å². The summed E-state index contributed by atoms with van der Waals surface area (Å²) >= 11 is 2.53. The lowest BCUT2D eigenvalue weighted by Crippen LogP contribution is -2.31. The fourth-order valence-electron chi connectivity index (χ4n) is 3.21. The number of nitrogens with one attached hydrogen (secondary N) is 1. The molecule has 35 heavy (non-hydrogen) atoms. The monoisotopic (exact) mass is 532 g/mol. The summed E-state index contributed by atoms with van der Waals surface area (Å²) in [5, 5.41) is 2.85. The highest BCUT2D eigenvalue weighted by atomic mass is 32.2. The van der Waals surface area contributed by atoms with Gasteiger partial charge in [0.1, 0.15) is 10.6 Å². The summed E-state index contributed by atoms with van der Waals surface area (Å²) in [5.74, 6) is 0. The smallest absolute Gasteiger partial charge is 0.412 e. The number of thiophene rings is 1. The second kappa shape index (κ2) is 10.3. The zero-order valence-corrected chi connectivity index (χ0v) is 22.5. The van der Waals surface area contributed by atoms with E-state index in [2.05, 4.69) is 10.3 Å². The molecule has 0 saturated carbocycles. The number of nitrogens with two attached hydrogens (primary N) is 2. The fourth-order valence-corrected chi connectivity index (χ4v) is 7.06. The number of carbonyl (C=O) groups is 1. The van der Waals surface area contributed by atoms with Crippen molar-refractivity contribution in [2.24, 2.45) is 4.99 Å². The lowest BCUT2D eigenvalue weighted by molar-refractivity contribution is 0.0565. The Morgan fingerprint density at radius 3 is 2.46 bits per heavy atom. The number of hydrogen-bond acceptors (Lipinski definition) is 9. The Morgan fingerprint density at radius 2 is 1.83 bits per heavy atom. The number of hydrogen-bond donors (Lipinski definition) is 3. The maximum absolute atomic E-state index is 13.6. The van der Waals surface area contributed by atoms with E-state index in [0.29, 0.717) is 31.7 Å². The molecule has 0 spiro atoms. The number of aliphatic imine (C=N–C) groups is 1. The highest BCUT2D eigenvalue weighted by Crippen LogP contribution is 2.41. The van der Waals surface area contributed by atoms with Gasteiger partial charge in [-0.25, -0.2) is 18.2 Å². The third-order valence-corrected chi connectivity index (χ3v) is 9.00. The first-order valence-corrected chi connectivity index (χ1v) is 14.1. The van der Waals surface area contributed by atoms with Crippen LogP contribution in [0, 0.1) is 6.92 Å². The first kappa shape index (κ1) is 26.6. The van der Waals surface area contributed by atoms with Gasteiger partial charge >= 0.3 is 6.09 Å². The minimum Gasteiger partial charge on any atom is -0.444 e. The minimum atomic E-state index is -3.86. The molecule has 0 radical (unpaired) electrons. The summed E-state index contributed by atoms with van der Waals surface area (Å²) in [4.78, 5) is 16.3. The van der Waals surface area contributed by atoms with Crippen LogP contribution in [0.25, 0.3) is 11.1 Å². The number of carbonyl (C=O) groups excluding carboxylic acids is 1. The molecule has 0 bridgehead atoms. The summed E-state index contributed by atoms with van der Waals surface area (Å²) in [5.41, 5.74) is 14.6. The Balaban J connectivity index is 1.94. The number of nitrogens with zero attached hydrogens (tertiary/aromatic N) is 1. The van der Waals surface area contributed by atoms with Crippen molar-refractivity contribution < 1.29 is 17.9 Å². The van der Waals surface area contributed by atoms with Gasteiger partial charge < -0.3 is 16.2 Å². The molecule has 186 valence electrons. The number of anilines is 2. The fraction of sp³-hybridized carbons (Fsp3) is 0.250. The van der Waals surface area contributed by atoms with E-state index >= 15 is 0 Å². The second-order valence-electron chi connectivity index (χ2n) is 8.67. The SMILES string of the molecule is CSc1sc(N=CNC(=O)OC(C)(C)C)cc1S(=O)(=O)c1ccc(C)c(-c2ccc(N)cc2N)c1. The van der Waals surface area contributed by atoms with Crippen LogP contribution in [0.5, 0.6) is 0 Å². The number of alkyl carbamates (subject to hydrolysis) is 1. The van der Waals surface area contributed by atoms with Crippen molar-refractivity contribution in [1.29, 1.82) is 0 Å². The van der Waals surface area contributed by atoms with Crippen LogP contribution in [0.3, 0.4) is 0 Å². The molecule has 0 fully saturated rings. The predicted octanol–water partition coefficient (Wildman–Crippen LogP) is 5.63. The largest absolute Gasteiger partial charge is 0.444 e. The number of thioether (sulfide) groups is 1. The summed E-state index contributed by atoms with van der Waals surface area (Å²) in [7, 11) is -3.86. The molecule has 1 heterocycles. The van der Waals surface area contributed by atoms with Crippen LogP contribution < -0.4 is 16.8 Å². The third kappa shape index (κ3) is 6.36. The number of rotatable bonds is 6. The summed E-state index contributed by atoms with van der Waals surface area (Å²) in [6.07, 6.45) is 2.34. The zero-order chi connectivity index (χ0) is 26.0.